The third-order valence-corrected chi connectivity index (χ3v) is 5.16. The summed E-state index contributed by atoms with van der Waals surface area (Å²) >= 11 is 5.63. The van der Waals surface area contributed by atoms with Gasteiger partial charge in [-0.3, -0.25) is 14.2 Å². The van der Waals surface area contributed by atoms with Gasteiger partial charge < -0.3 is 0 Å². The molecule has 2 rings (SSSR count). The van der Waals surface area contributed by atoms with E-state index < -0.39 is 20.7 Å². The van der Waals surface area contributed by atoms with Crippen LogP contribution in [-0.4, -0.2) is 28.9 Å². The topological polar surface area (TPSA) is 81.1 Å². The Hall–Kier alpha value is -1.08. The van der Waals surface area contributed by atoms with Crippen molar-refractivity contribution in [3.8, 4) is 0 Å². The monoisotopic (exact) mass is 277 g/mol. The summed E-state index contributed by atoms with van der Waals surface area (Å²) in [5, 5.41) is 4.19. The van der Waals surface area contributed by atoms with E-state index >= 15 is 0 Å². The maximum atomic E-state index is 11.7. The van der Waals surface area contributed by atoms with Crippen molar-refractivity contribution in [1.29, 1.82) is 0 Å². The summed E-state index contributed by atoms with van der Waals surface area (Å²) in [7, 11) is -3.57. The third-order valence-electron chi connectivity index (χ3n) is 2.76. The highest BCUT2D eigenvalue weighted by Gasteiger charge is 2.50. The molecule has 8 heteroatoms. The largest absolute Gasteiger partial charge is 0.272 e. The molecule has 0 aliphatic heterocycles. The Labute approximate surface area is 104 Å². The molecule has 1 aliphatic rings. The Bertz CT molecular complexity index is 548. The zero-order valence-corrected chi connectivity index (χ0v) is 10.8. The summed E-state index contributed by atoms with van der Waals surface area (Å²) in [5.74, 6) is -0.613. The molecule has 0 saturated heterocycles. The van der Waals surface area contributed by atoms with Gasteiger partial charge in [-0.2, -0.15) is 5.10 Å². The van der Waals surface area contributed by atoms with E-state index in [0.717, 1.165) is 0 Å². The van der Waals surface area contributed by atoms with Gasteiger partial charge in [-0.05, 0) is 19.8 Å². The molecule has 1 heterocycles. The SMILES string of the molecule is CC1(S(=O)(=O)NC(=O)Cn2cc(Cl)cn2)CC1. The van der Waals surface area contributed by atoms with Crippen LogP contribution in [0, 0.1) is 0 Å². The van der Waals surface area contributed by atoms with Crippen LogP contribution in [0.4, 0.5) is 0 Å². The molecule has 1 fully saturated rings. The fourth-order valence-electron chi connectivity index (χ4n) is 1.32. The smallest absolute Gasteiger partial charge is 0.255 e. The Morgan fingerprint density at radius 3 is 2.76 bits per heavy atom. The second-order valence-corrected chi connectivity index (χ2v) is 6.97. The van der Waals surface area contributed by atoms with E-state index in [-0.39, 0.29) is 6.54 Å². The molecule has 1 N–H and O–H groups in total. The van der Waals surface area contributed by atoms with Gasteiger partial charge in [-0.1, -0.05) is 11.6 Å². The summed E-state index contributed by atoms with van der Waals surface area (Å²) in [6.45, 7) is 1.45. The van der Waals surface area contributed by atoms with Crippen LogP contribution in [0.25, 0.3) is 0 Å². The van der Waals surface area contributed by atoms with Crippen LogP contribution in [0.15, 0.2) is 12.4 Å². The van der Waals surface area contributed by atoms with Crippen molar-refractivity contribution < 1.29 is 13.2 Å². The minimum Gasteiger partial charge on any atom is -0.272 e. The minimum absolute atomic E-state index is 0.165. The van der Waals surface area contributed by atoms with Crippen LogP contribution < -0.4 is 4.72 Å². The normalized spacial score (nSPS) is 17.8. The van der Waals surface area contributed by atoms with Crippen molar-refractivity contribution in [2.45, 2.75) is 31.1 Å². The van der Waals surface area contributed by atoms with Gasteiger partial charge in [-0.25, -0.2) is 8.42 Å². The number of hydrogen-bond acceptors (Lipinski definition) is 4. The van der Waals surface area contributed by atoms with Gasteiger partial charge in [-0.15, -0.1) is 0 Å². The second kappa shape index (κ2) is 3.99. The van der Waals surface area contributed by atoms with Crippen molar-refractivity contribution in [1.82, 2.24) is 14.5 Å². The van der Waals surface area contributed by atoms with Crippen LogP contribution in [-0.2, 0) is 21.4 Å². The molecule has 1 saturated carbocycles. The van der Waals surface area contributed by atoms with E-state index in [1.54, 1.807) is 6.92 Å². The highest BCUT2D eigenvalue weighted by atomic mass is 35.5. The lowest BCUT2D eigenvalue weighted by molar-refractivity contribution is -0.120. The Kier molecular flexibility index (Phi) is 2.90. The lowest BCUT2D eigenvalue weighted by Gasteiger charge is -2.11. The minimum atomic E-state index is -3.57. The number of carbonyl (C=O) groups excluding carboxylic acids is 1. The average Bonchev–Trinajstić information content (AvgIpc) is 2.82. The van der Waals surface area contributed by atoms with Gasteiger partial charge >= 0.3 is 0 Å². The highest BCUT2D eigenvalue weighted by molar-refractivity contribution is 7.91. The first-order valence-electron chi connectivity index (χ1n) is 5.06. The maximum absolute atomic E-state index is 11.7. The molecule has 1 amide bonds. The summed E-state index contributed by atoms with van der Waals surface area (Å²) in [5.41, 5.74) is 0. The average molecular weight is 278 g/mol. The molecule has 0 aromatic carbocycles. The first-order chi connectivity index (χ1) is 7.82. The Morgan fingerprint density at radius 2 is 2.29 bits per heavy atom. The number of amides is 1. The predicted octanol–water partition coefficient (Wildman–Crippen LogP) is 0.535. The van der Waals surface area contributed by atoms with Crippen LogP contribution in [0.1, 0.15) is 19.8 Å². The van der Waals surface area contributed by atoms with E-state index in [2.05, 4.69) is 5.10 Å². The quantitative estimate of drug-likeness (QED) is 0.871. The summed E-state index contributed by atoms with van der Waals surface area (Å²) in [6, 6.07) is 0. The van der Waals surface area contributed by atoms with Crippen molar-refractivity contribution in [2.75, 3.05) is 0 Å². The van der Waals surface area contributed by atoms with Gasteiger partial charge in [0.05, 0.1) is 16.0 Å². The fourth-order valence-corrected chi connectivity index (χ4v) is 2.73. The van der Waals surface area contributed by atoms with E-state index in [0.29, 0.717) is 17.9 Å². The zero-order chi connectivity index (χ0) is 12.7. The number of aromatic nitrogens is 2. The van der Waals surface area contributed by atoms with Crippen molar-refractivity contribution >= 4 is 27.5 Å². The molecule has 1 aromatic heterocycles. The lowest BCUT2D eigenvalue weighted by atomic mass is 10.5. The van der Waals surface area contributed by atoms with E-state index in [9.17, 15) is 13.2 Å². The number of carbonyl (C=O) groups is 1. The number of halogens is 1. The van der Waals surface area contributed by atoms with Gasteiger partial charge in [0.2, 0.25) is 10.0 Å². The molecule has 94 valence electrons. The van der Waals surface area contributed by atoms with E-state index in [1.165, 1.54) is 17.1 Å². The number of nitrogens with one attached hydrogen (secondary N) is 1. The summed E-state index contributed by atoms with van der Waals surface area (Å²) in [6.07, 6.45) is 4.00. The molecule has 17 heavy (non-hydrogen) atoms. The lowest BCUT2D eigenvalue weighted by Crippen LogP contribution is -2.40. The third kappa shape index (κ3) is 2.61. The molecule has 1 aliphatic carbocycles. The van der Waals surface area contributed by atoms with Gasteiger partial charge in [0.15, 0.2) is 0 Å². The molecule has 0 unspecified atom stereocenters. The number of sulfonamides is 1. The molecular weight excluding hydrogens is 266 g/mol. The maximum Gasteiger partial charge on any atom is 0.255 e. The highest BCUT2D eigenvalue weighted by Crippen LogP contribution is 2.42. The molecule has 0 radical (unpaired) electrons. The molecular formula is C9H12ClN3O3S. The molecule has 0 spiro atoms. The number of hydrogen-bond donors (Lipinski definition) is 1. The van der Waals surface area contributed by atoms with Gasteiger partial charge in [0.1, 0.15) is 6.54 Å². The zero-order valence-electron chi connectivity index (χ0n) is 9.18. The van der Waals surface area contributed by atoms with Crippen molar-refractivity contribution in [3.63, 3.8) is 0 Å². The number of rotatable bonds is 4. The first-order valence-corrected chi connectivity index (χ1v) is 6.92. The standard InChI is InChI=1S/C9H12ClN3O3S/c1-9(2-3-9)17(15,16)12-8(14)6-13-5-7(10)4-11-13/h4-5H,2-3,6H2,1H3,(H,12,14). The van der Waals surface area contributed by atoms with Crippen molar-refractivity contribution in [2.24, 2.45) is 0 Å². The van der Waals surface area contributed by atoms with Crippen LogP contribution in [0.5, 0.6) is 0 Å². The molecule has 0 atom stereocenters. The Morgan fingerprint density at radius 1 is 1.65 bits per heavy atom. The van der Waals surface area contributed by atoms with Gasteiger partial charge in [0, 0.05) is 6.20 Å². The fraction of sp³-hybridized carbons (Fsp3) is 0.556. The summed E-state index contributed by atoms with van der Waals surface area (Å²) < 4.78 is 26.0. The van der Waals surface area contributed by atoms with Crippen molar-refractivity contribution in [3.05, 3.63) is 17.4 Å². The molecule has 6 nitrogen and oxygen atoms in total. The predicted molar refractivity (Wildman–Crippen MR) is 61.9 cm³/mol. The second-order valence-electron chi connectivity index (χ2n) is 4.33. The first kappa shape index (κ1) is 12.4. The molecule has 0 bridgehead atoms. The van der Waals surface area contributed by atoms with E-state index in [4.69, 9.17) is 11.6 Å². The van der Waals surface area contributed by atoms with E-state index in [1.807, 2.05) is 4.72 Å². The molecule has 1 aromatic rings. The van der Waals surface area contributed by atoms with Crippen LogP contribution in [0.3, 0.4) is 0 Å². The van der Waals surface area contributed by atoms with Gasteiger partial charge in [0.25, 0.3) is 5.91 Å². The summed E-state index contributed by atoms with van der Waals surface area (Å²) in [4.78, 5) is 11.5. The Balaban J connectivity index is 1.98. The van der Waals surface area contributed by atoms with Crippen LogP contribution in [0.2, 0.25) is 5.02 Å². The van der Waals surface area contributed by atoms with Crippen LogP contribution >= 0.6 is 11.6 Å². The number of nitrogens with zero attached hydrogens (tertiary/aromatic N) is 2.